The van der Waals surface area contributed by atoms with Crippen LogP contribution in [0.25, 0.3) is 0 Å². The molecule has 2 N–H and O–H groups in total. The van der Waals surface area contributed by atoms with Gasteiger partial charge in [-0.25, -0.2) is 0 Å². The molecule has 19 heavy (non-hydrogen) atoms. The molecule has 4 heteroatoms. The van der Waals surface area contributed by atoms with Crippen LogP contribution in [0.3, 0.4) is 0 Å². The van der Waals surface area contributed by atoms with Crippen molar-refractivity contribution in [2.75, 3.05) is 10.6 Å². The highest BCUT2D eigenvalue weighted by molar-refractivity contribution is 5.88. The quantitative estimate of drug-likeness (QED) is 0.883. The van der Waals surface area contributed by atoms with E-state index in [9.17, 15) is 4.79 Å². The van der Waals surface area contributed by atoms with Crippen LogP contribution in [0.5, 0.6) is 0 Å². The second-order valence-corrected chi connectivity index (χ2v) is 4.42. The lowest BCUT2D eigenvalue weighted by molar-refractivity contribution is -0.114. The van der Waals surface area contributed by atoms with Gasteiger partial charge in [-0.2, -0.15) is 0 Å². The summed E-state index contributed by atoms with van der Waals surface area (Å²) in [6, 6.07) is 11.7. The highest BCUT2D eigenvalue weighted by Crippen LogP contribution is 2.12. The molecule has 0 saturated carbocycles. The van der Waals surface area contributed by atoms with Crippen LogP contribution in [0.2, 0.25) is 0 Å². The van der Waals surface area contributed by atoms with E-state index in [0.29, 0.717) is 0 Å². The van der Waals surface area contributed by atoms with Crippen LogP contribution in [0.15, 0.2) is 42.6 Å². The van der Waals surface area contributed by atoms with Gasteiger partial charge in [0, 0.05) is 24.8 Å². The third kappa shape index (κ3) is 4.10. The molecule has 2 aromatic rings. The number of anilines is 2. The normalized spacial score (nSPS) is 10.0. The molecule has 98 valence electrons. The van der Waals surface area contributed by atoms with Crippen LogP contribution < -0.4 is 10.6 Å². The topological polar surface area (TPSA) is 54.0 Å². The van der Waals surface area contributed by atoms with Crippen LogP contribution in [0.4, 0.5) is 11.4 Å². The van der Waals surface area contributed by atoms with Crippen LogP contribution in [-0.2, 0) is 11.3 Å². The maximum absolute atomic E-state index is 10.9. The van der Waals surface area contributed by atoms with Crippen molar-refractivity contribution in [2.45, 2.75) is 20.4 Å². The molecule has 0 unspecified atom stereocenters. The van der Waals surface area contributed by atoms with E-state index >= 15 is 0 Å². The first-order valence-corrected chi connectivity index (χ1v) is 6.16. The Hall–Kier alpha value is -2.36. The molecule has 0 aliphatic heterocycles. The number of aromatic nitrogens is 1. The molecule has 0 bridgehead atoms. The van der Waals surface area contributed by atoms with Crippen molar-refractivity contribution in [1.82, 2.24) is 4.98 Å². The number of amides is 1. The van der Waals surface area contributed by atoms with Gasteiger partial charge >= 0.3 is 0 Å². The SMILES string of the molecule is CC(=O)Nc1ccc(CNc2ccc(C)nc2)cc1. The Balaban J connectivity index is 1.92. The number of hydrogen-bond acceptors (Lipinski definition) is 3. The van der Waals surface area contributed by atoms with Crippen LogP contribution >= 0.6 is 0 Å². The Kier molecular flexibility index (Phi) is 4.13. The lowest BCUT2D eigenvalue weighted by atomic mass is 10.2. The molecule has 0 fully saturated rings. The van der Waals surface area contributed by atoms with Crippen LogP contribution in [0, 0.1) is 6.92 Å². The average Bonchev–Trinajstić information content (AvgIpc) is 2.39. The second kappa shape index (κ2) is 6.00. The van der Waals surface area contributed by atoms with Crippen LogP contribution in [-0.4, -0.2) is 10.9 Å². The Labute approximate surface area is 112 Å². The van der Waals surface area contributed by atoms with Gasteiger partial charge in [0.15, 0.2) is 0 Å². The smallest absolute Gasteiger partial charge is 0.221 e. The van der Waals surface area contributed by atoms with Crippen molar-refractivity contribution in [1.29, 1.82) is 0 Å². The van der Waals surface area contributed by atoms with Crippen molar-refractivity contribution in [3.63, 3.8) is 0 Å². The van der Waals surface area contributed by atoms with Gasteiger partial charge in [0.1, 0.15) is 0 Å². The van der Waals surface area contributed by atoms with E-state index < -0.39 is 0 Å². The fraction of sp³-hybridized carbons (Fsp3) is 0.200. The molecule has 1 heterocycles. The first-order valence-electron chi connectivity index (χ1n) is 6.16. The summed E-state index contributed by atoms with van der Waals surface area (Å²) in [5.41, 5.74) is 3.96. The molecule has 0 aliphatic carbocycles. The summed E-state index contributed by atoms with van der Waals surface area (Å²) in [5.74, 6) is -0.0587. The van der Waals surface area contributed by atoms with Gasteiger partial charge in [-0.1, -0.05) is 12.1 Å². The number of aryl methyl sites for hydroxylation is 1. The predicted octanol–water partition coefficient (Wildman–Crippen LogP) is 2.96. The van der Waals surface area contributed by atoms with Gasteiger partial charge in [0.2, 0.25) is 5.91 Å². The molecule has 0 aliphatic rings. The van der Waals surface area contributed by atoms with Gasteiger partial charge in [-0.3, -0.25) is 9.78 Å². The van der Waals surface area contributed by atoms with E-state index in [4.69, 9.17) is 0 Å². The first kappa shape index (κ1) is 13.1. The largest absolute Gasteiger partial charge is 0.380 e. The molecule has 0 saturated heterocycles. The van der Waals surface area contributed by atoms with E-state index in [1.807, 2.05) is 49.5 Å². The van der Waals surface area contributed by atoms with Gasteiger partial charge in [0.05, 0.1) is 11.9 Å². The summed E-state index contributed by atoms with van der Waals surface area (Å²) in [6.45, 7) is 4.19. The van der Waals surface area contributed by atoms with Gasteiger partial charge in [-0.15, -0.1) is 0 Å². The molecule has 0 spiro atoms. The zero-order chi connectivity index (χ0) is 13.7. The second-order valence-electron chi connectivity index (χ2n) is 4.42. The van der Waals surface area contributed by atoms with E-state index in [2.05, 4.69) is 15.6 Å². The van der Waals surface area contributed by atoms with E-state index in [-0.39, 0.29) is 5.91 Å². The summed E-state index contributed by atoms with van der Waals surface area (Å²) in [5, 5.41) is 6.04. The van der Waals surface area contributed by atoms with Crippen molar-refractivity contribution in [3.05, 3.63) is 53.9 Å². The predicted molar refractivity (Wildman–Crippen MR) is 77.0 cm³/mol. The van der Waals surface area contributed by atoms with E-state index in [0.717, 1.165) is 29.2 Å². The maximum Gasteiger partial charge on any atom is 0.221 e. The molecule has 0 atom stereocenters. The summed E-state index contributed by atoms with van der Waals surface area (Å²) in [6.07, 6.45) is 1.82. The molecule has 1 aromatic heterocycles. The van der Waals surface area contributed by atoms with E-state index in [1.54, 1.807) is 0 Å². The number of nitrogens with one attached hydrogen (secondary N) is 2. The third-order valence-corrected chi connectivity index (χ3v) is 2.68. The fourth-order valence-electron chi connectivity index (χ4n) is 1.69. The minimum atomic E-state index is -0.0587. The summed E-state index contributed by atoms with van der Waals surface area (Å²) >= 11 is 0. The minimum absolute atomic E-state index is 0.0587. The first-order chi connectivity index (χ1) is 9.13. The zero-order valence-corrected chi connectivity index (χ0v) is 11.1. The number of hydrogen-bond donors (Lipinski definition) is 2. The average molecular weight is 255 g/mol. The Morgan fingerprint density at radius 1 is 1.11 bits per heavy atom. The van der Waals surface area contributed by atoms with Crippen molar-refractivity contribution in [3.8, 4) is 0 Å². The molecule has 1 aromatic carbocycles. The van der Waals surface area contributed by atoms with Gasteiger partial charge in [0.25, 0.3) is 0 Å². The standard InChI is InChI=1S/C15H17N3O/c1-11-3-6-15(10-16-11)17-9-13-4-7-14(8-5-13)18-12(2)19/h3-8,10,17H,9H2,1-2H3,(H,18,19). The van der Waals surface area contributed by atoms with Crippen molar-refractivity contribution < 1.29 is 4.79 Å². The van der Waals surface area contributed by atoms with Crippen molar-refractivity contribution >= 4 is 17.3 Å². The van der Waals surface area contributed by atoms with Crippen molar-refractivity contribution in [2.24, 2.45) is 0 Å². The lowest BCUT2D eigenvalue weighted by Gasteiger charge is -2.07. The summed E-state index contributed by atoms with van der Waals surface area (Å²) in [7, 11) is 0. The maximum atomic E-state index is 10.9. The minimum Gasteiger partial charge on any atom is -0.380 e. The summed E-state index contributed by atoms with van der Waals surface area (Å²) < 4.78 is 0. The monoisotopic (exact) mass is 255 g/mol. The molecule has 4 nitrogen and oxygen atoms in total. The Morgan fingerprint density at radius 2 is 1.79 bits per heavy atom. The highest BCUT2D eigenvalue weighted by Gasteiger charge is 1.97. The van der Waals surface area contributed by atoms with Crippen LogP contribution in [0.1, 0.15) is 18.2 Å². The fourth-order valence-corrected chi connectivity index (χ4v) is 1.69. The molecular formula is C15H17N3O. The number of rotatable bonds is 4. The number of benzene rings is 1. The number of carbonyl (C=O) groups is 1. The third-order valence-electron chi connectivity index (χ3n) is 2.68. The molecule has 2 rings (SSSR count). The molecular weight excluding hydrogens is 238 g/mol. The number of nitrogens with zero attached hydrogens (tertiary/aromatic N) is 1. The molecule has 1 amide bonds. The highest BCUT2D eigenvalue weighted by atomic mass is 16.1. The van der Waals surface area contributed by atoms with Gasteiger partial charge in [-0.05, 0) is 36.8 Å². The number of pyridine rings is 1. The Morgan fingerprint density at radius 3 is 2.37 bits per heavy atom. The zero-order valence-electron chi connectivity index (χ0n) is 11.1. The van der Waals surface area contributed by atoms with Gasteiger partial charge < -0.3 is 10.6 Å². The lowest BCUT2D eigenvalue weighted by Crippen LogP contribution is -2.06. The molecule has 0 radical (unpaired) electrons. The van der Waals surface area contributed by atoms with E-state index in [1.165, 1.54) is 6.92 Å². The Bertz CT molecular complexity index is 547. The summed E-state index contributed by atoms with van der Waals surface area (Å²) in [4.78, 5) is 15.1. The number of carbonyl (C=O) groups excluding carboxylic acids is 1.